The fourth-order valence-electron chi connectivity index (χ4n) is 2.72. The smallest absolute Gasteiger partial charge is 0.731 e. The summed E-state index contributed by atoms with van der Waals surface area (Å²) in [5, 5.41) is 0. The Bertz CT molecular complexity index is 394. The minimum Gasteiger partial charge on any atom is -0.731 e. The van der Waals surface area contributed by atoms with Gasteiger partial charge in [0, 0.05) is 0 Å². The van der Waals surface area contributed by atoms with E-state index in [1.165, 1.54) is 0 Å². The SMILES string of the molecule is N[C@@H]1C(=O)N(S(=O)(=O)[O-])[C@H]1C1CCCCC1.[K+]. The first-order valence-corrected chi connectivity index (χ1v) is 6.84. The number of carbonyl (C=O) groups is 1. The molecule has 0 bridgehead atoms. The van der Waals surface area contributed by atoms with Crippen molar-refractivity contribution in [2.75, 3.05) is 0 Å². The third-order valence-corrected chi connectivity index (χ3v) is 4.42. The van der Waals surface area contributed by atoms with Gasteiger partial charge in [-0.1, -0.05) is 19.3 Å². The largest absolute Gasteiger partial charge is 1.00 e. The number of β-lactam (4-membered cyclic amide) rings is 1. The molecule has 8 heteroatoms. The molecule has 2 fully saturated rings. The van der Waals surface area contributed by atoms with E-state index in [1.807, 2.05) is 0 Å². The Hall–Kier alpha value is 0.976. The quantitative estimate of drug-likeness (QED) is 0.323. The molecule has 2 atom stereocenters. The summed E-state index contributed by atoms with van der Waals surface area (Å²) in [6.45, 7) is 0. The van der Waals surface area contributed by atoms with Crippen LogP contribution in [0.4, 0.5) is 0 Å². The first-order valence-electron chi connectivity index (χ1n) is 5.47. The summed E-state index contributed by atoms with van der Waals surface area (Å²) in [5.74, 6) is -0.698. The van der Waals surface area contributed by atoms with Gasteiger partial charge in [-0.3, -0.25) is 4.79 Å². The van der Waals surface area contributed by atoms with Crippen LogP contribution in [0.15, 0.2) is 0 Å². The minimum atomic E-state index is -4.69. The summed E-state index contributed by atoms with van der Waals surface area (Å²) >= 11 is 0. The van der Waals surface area contributed by atoms with Crippen LogP contribution in [0.25, 0.3) is 0 Å². The van der Waals surface area contributed by atoms with E-state index in [0.29, 0.717) is 4.31 Å². The van der Waals surface area contributed by atoms with Crippen molar-refractivity contribution in [2.45, 2.75) is 44.2 Å². The molecule has 0 aromatic heterocycles. The Labute approximate surface area is 144 Å². The number of hydrogen-bond acceptors (Lipinski definition) is 5. The summed E-state index contributed by atoms with van der Waals surface area (Å²) in [4.78, 5) is 11.3. The molecule has 0 aromatic carbocycles. The molecule has 1 saturated heterocycles. The van der Waals surface area contributed by atoms with Gasteiger partial charge in [-0.25, -0.2) is 12.7 Å². The van der Waals surface area contributed by atoms with Crippen molar-refractivity contribution in [3.05, 3.63) is 0 Å². The summed E-state index contributed by atoms with van der Waals surface area (Å²) in [7, 11) is -4.69. The average molecular weight is 286 g/mol. The third-order valence-electron chi connectivity index (χ3n) is 3.51. The number of carbonyl (C=O) groups excluding carboxylic acids is 1. The van der Waals surface area contributed by atoms with Crippen molar-refractivity contribution in [2.24, 2.45) is 11.7 Å². The Morgan fingerprint density at radius 1 is 1.24 bits per heavy atom. The minimum absolute atomic E-state index is 0. The molecule has 2 N–H and O–H groups in total. The summed E-state index contributed by atoms with van der Waals surface area (Å²) in [6, 6.07) is -1.41. The van der Waals surface area contributed by atoms with E-state index in [2.05, 4.69) is 0 Å². The van der Waals surface area contributed by atoms with E-state index < -0.39 is 28.3 Å². The standard InChI is InChI=1S/C9H16N2O4S.K/c10-7-8(6-4-2-1-3-5-6)11(9(7)12)16(13,14)15;/h6-8H,1-5,10H2,(H,13,14,15);/q;+1/p-1/t7-,8-;/m0./s1. The maximum Gasteiger partial charge on any atom is 1.00 e. The molecule has 1 heterocycles. The van der Waals surface area contributed by atoms with Crippen LogP contribution in [0.5, 0.6) is 0 Å². The van der Waals surface area contributed by atoms with E-state index in [4.69, 9.17) is 5.73 Å². The summed E-state index contributed by atoms with van der Waals surface area (Å²) < 4.78 is 33.2. The molecular formula is C9H15KN2O4S. The zero-order valence-electron chi connectivity index (χ0n) is 9.83. The molecule has 1 aliphatic heterocycles. The van der Waals surface area contributed by atoms with Crippen molar-refractivity contribution in [1.29, 1.82) is 0 Å². The van der Waals surface area contributed by atoms with Gasteiger partial charge in [0.15, 0.2) is 10.3 Å². The van der Waals surface area contributed by atoms with Gasteiger partial charge in [-0.15, -0.1) is 0 Å². The van der Waals surface area contributed by atoms with Crippen LogP contribution in [0.2, 0.25) is 0 Å². The number of rotatable bonds is 2. The van der Waals surface area contributed by atoms with Crippen LogP contribution in [-0.4, -0.2) is 35.3 Å². The Morgan fingerprint density at radius 2 is 1.76 bits per heavy atom. The molecule has 6 nitrogen and oxygen atoms in total. The van der Waals surface area contributed by atoms with E-state index >= 15 is 0 Å². The molecule has 0 unspecified atom stereocenters. The van der Waals surface area contributed by atoms with Crippen LogP contribution in [0.3, 0.4) is 0 Å². The Balaban J connectivity index is 0.00000144. The maximum atomic E-state index is 11.3. The molecular weight excluding hydrogens is 271 g/mol. The van der Waals surface area contributed by atoms with Gasteiger partial charge in [0.1, 0.15) is 6.04 Å². The average Bonchev–Trinajstić information content (AvgIpc) is 2.23. The van der Waals surface area contributed by atoms with E-state index in [1.54, 1.807) is 0 Å². The molecule has 1 amide bonds. The van der Waals surface area contributed by atoms with Gasteiger partial charge >= 0.3 is 51.4 Å². The Kier molecular flexibility index (Phi) is 5.62. The van der Waals surface area contributed by atoms with Crippen molar-refractivity contribution in [1.82, 2.24) is 4.31 Å². The van der Waals surface area contributed by atoms with Crippen LogP contribution in [0, 0.1) is 5.92 Å². The van der Waals surface area contributed by atoms with Crippen LogP contribution in [-0.2, 0) is 15.1 Å². The predicted molar refractivity (Wildman–Crippen MR) is 54.9 cm³/mol. The van der Waals surface area contributed by atoms with E-state index in [-0.39, 0.29) is 57.3 Å². The van der Waals surface area contributed by atoms with Crippen LogP contribution < -0.4 is 57.1 Å². The second-order valence-corrected chi connectivity index (χ2v) is 5.76. The number of nitrogens with zero attached hydrogens (tertiary/aromatic N) is 1. The van der Waals surface area contributed by atoms with Gasteiger partial charge in [-0.05, 0) is 18.8 Å². The zero-order valence-corrected chi connectivity index (χ0v) is 13.8. The predicted octanol–water partition coefficient (Wildman–Crippen LogP) is -3.43. The fourth-order valence-corrected chi connectivity index (χ4v) is 3.67. The van der Waals surface area contributed by atoms with Crippen LogP contribution >= 0.6 is 0 Å². The zero-order chi connectivity index (χ0) is 11.9. The normalized spacial score (nSPS) is 30.7. The first kappa shape index (κ1) is 16.0. The van der Waals surface area contributed by atoms with Gasteiger partial charge in [0.05, 0.1) is 6.04 Å². The van der Waals surface area contributed by atoms with Crippen LogP contribution in [0.1, 0.15) is 32.1 Å². The molecule has 0 radical (unpaired) electrons. The van der Waals surface area contributed by atoms with Crippen molar-refractivity contribution in [3.63, 3.8) is 0 Å². The topological polar surface area (TPSA) is 104 Å². The summed E-state index contributed by atoms with van der Waals surface area (Å²) in [5.41, 5.74) is 5.59. The molecule has 1 saturated carbocycles. The van der Waals surface area contributed by atoms with Gasteiger partial charge < -0.3 is 10.3 Å². The van der Waals surface area contributed by atoms with E-state index in [0.717, 1.165) is 32.1 Å². The number of hydrogen-bond donors (Lipinski definition) is 1. The molecule has 0 spiro atoms. The van der Waals surface area contributed by atoms with Crippen molar-refractivity contribution in [3.8, 4) is 0 Å². The van der Waals surface area contributed by atoms with E-state index in [9.17, 15) is 17.8 Å². The number of amides is 1. The molecule has 2 aliphatic rings. The monoisotopic (exact) mass is 286 g/mol. The van der Waals surface area contributed by atoms with Crippen molar-refractivity contribution >= 4 is 16.2 Å². The fraction of sp³-hybridized carbons (Fsp3) is 0.889. The maximum absolute atomic E-state index is 11.3. The summed E-state index contributed by atoms with van der Waals surface area (Å²) in [6.07, 6.45) is 4.83. The number of nitrogens with two attached hydrogens (primary N) is 1. The Morgan fingerprint density at radius 3 is 2.24 bits per heavy atom. The van der Waals surface area contributed by atoms with Gasteiger partial charge in [0.25, 0.3) is 5.91 Å². The molecule has 2 rings (SSSR count). The second-order valence-electron chi connectivity index (χ2n) is 4.51. The second kappa shape index (κ2) is 5.95. The first-order chi connectivity index (χ1) is 7.43. The third kappa shape index (κ3) is 3.11. The van der Waals surface area contributed by atoms with Gasteiger partial charge in [0.2, 0.25) is 0 Å². The van der Waals surface area contributed by atoms with Gasteiger partial charge in [-0.2, -0.15) is 0 Å². The molecule has 17 heavy (non-hydrogen) atoms. The molecule has 1 aliphatic carbocycles. The van der Waals surface area contributed by atoms with Crippen molar-refractivity contribution < 1.29 is 69.1 Å². The molecule has 92 valence electrons. The molecule has 0 aromatic rings.